The summed E-state index contributed by atoms with van der Waals surface area (Å²) >= 11 is 11.1. The van der Waals surface area contributed by atoms with E-state index in [1.54, 1.807) is 0 Å². The number of aromatic nitrogens is 2. The minimum atomic E-state index is -4.83. The molecule has 1 aromatic heterocycles. The van der Waals surface area contributed by atoms with Gasteiger partial charge in [0.05, 0.1) is 10.7 Å². The molecule has 21 heavy (non-hydrogen) atoms. The summed E-state index contributed by atoms with van der Waals surface area (Å²) < 4.78 is 64.0. The highest BCUT2D eigenvalue weighted by molar-refractivity contribution is 6.33. The first-order chi connectivity index (χ1) is 9.66. The molecule has 0 aliphatic rings. The molecule has 1 heterocycles. The standard InChI is InChI=1S/C11H4Cl2F5N3/c12-5-1-4(14)2-6(15)9(5)20-8-3-7(13)19-10(21-8)11(16,17)18/h1-3H,(H,19,20,21). The highest BCUT2D eigenvalue weighted by Crippen LogP contribution is 2.32. The molecule has 0 bridgehead atoms. The SMILES string of the molecule is Fc1cc(F)c(Nc2cc(Cl)nc(C(F)(F)F)n2)c(Cl)c1. The topological polar surface area (TPSA) is 37.8 Å². The highest BCUT2D eigenvalue weighted by Gasteiger charge is 2.35. The number of rotatable bonds is 2. The summed E-state index contributed by atoms with van der Waals surface area (Å²) in [6.45, 7) is 0. The van der Waals surface area contributed by atoms with Gasteiger partial charge in [-0.05, 0) is 6.07 Å². The quantitative estimate of drug-likeness (QED) is 0.627. The number of hydrogen-bond acceptors (Lipinski definition) is 3. The Bertz CT molecular complexity index is 667. The normalized spacial score (nSPS) is 11.6. The van der Waals surface area contributed by atoms with Crippen LogP contribution in [0, 0.1) is 11.6 Å². The van der Waals surface area contributed by atoms with Gasteiger partial charge in [-0.1, -0.05) is 23.2 Å². The van der Waals surface area contributed by atoms with Crippen molar-refractivity contribution in [2.24, 2.45) is 0 Å². The monoisotopic (exact) mass is 343 g/mol. The Morgan fingerprint density at radius 1 is 1.00 bits per heavy atom. The highest BCUT2D eigenvalue weighted by atomic mass is 35.5. The number of nitrogens with zero attached hydrogens (tertiary/aromatic N) is 2. The first-order valence-corrected chi connectivity index (χ1v) is 5.96. The van der Waals surface area contributed by atoms with E-state index in [2.05, 4.69) is 15.3 Å². The Balaban J connectivity index is 2.43. The van der Waals surface area contributed by atoms with Gasteiger partial charge in [0.15, 0.2) is 5.82 Å². The molecule has 0 amide bonds. The van der Waals surface area contributed by atoms with Crippen molar-refractivity contribution < 1.29 is 22.0 Å². The molecule has 0 atom stereocenters. The lowest BCUT2D eigenvalue weighted by Crippen LogP contribution is -2.12. The maximum atomic E-state index is 13.5. The molecule has 0 saturated carbocycles. The molecule has 0 aliphatic carbocycles. The smallest absolute Gasteiger partial charge is 0.336 e. The summed E-state index contributed by atoms with van der Waals surface area (Å²) in [5.74, 6) is -3.96. The lowest BCUT2D eigenvalue weighted by Gasteiger charge is -2.11. The Hall–Kier alpha value is -1.67. The summed E-state index contributed by atoms with van der Waals surface area (Å²) in [5.41, 5.74) is -0.430. The number of halogens is 7. The zero-order valence-electron chi connectivity index (χ0n) is 9.77. The van der Waals surface area contributed by atoms with Crippen molar-refractivity contribution >= 4 is 34.7 Å². The van der Waals surface area contributed by atoms with E-state index in [0.717, 1.165) is 12.1 Å². The lowest BCUT2D eigenvalue weighted by molar-refractivity contribution is -0.144. The van der Waals surface area contributed by atoms with Crippen LogP contribution in [0.15, 0.2) is 18.2 Å². The van der Waals surface area contributed by atoms with Gasteiger partial charge in [0, 0.05) is 12.1 Å². The molecular formula is C11H4Cl2F5N3. The third kappa shape index (κ3) is 3.70. The minimum absolute atomic E-state index is 0.365. The van der Waals surface area contributed by atoms with Crippen molar-refractivity contribution in [3.63, 3.8) is 0 Å². The number of nitrogens with one attached hydrogen (secondary N) is 1. The molecular weight excluding hydrogens is 340 g/mol. The zero-order chi connectivity index (χ0) is 15.8. The summed E-state index contributed by atoms with van der Waals surface area (Å²) in [7, 11) is 0. The van der Waals surface area contributed by atoms with Gasteiger partial charge in [-0.15, -0.1) is 0 Å². The van der Waals surface area contributed by atoms with E-state index >= 15 is 0 Å². The minimum Gasteiger partial charge on any atom is -0.336 e. The van der Waals surface area contributed by atoms with Crippen LogP contribution in [0.2, 0.25) is 10.2 Å². The van der Waals surface area contributed by atoms with Crippen LogP contribution >= 0.6 is 23.2 Å². The molecule has 1 aromatic carbocycles. The van der Waals surface area contributed by atoms with Crippen LogP contribution in [0.4, 0.5) is 33.5 Å². The van der Waals surface area contributed by atoms with Crippen molar-refractivity contribution in [2.45, 2.75) is 6.18 Å². The Morgan fingerprint density at radius 3 is 2.24 bits per heavy atom. The molecule has 0 saturated heterocycles. The molecule has 0 radical (unpaired) electrons. The lowest BCUT2D eigenvalue weighted by atomic mass is 10.3. The maximum Gasteiger partial charge on any atom is 0.451 e. The van der Waals surface area contributed by atoms with Crippen molar-refractivity contribution in [1.29, 1.82) is 0 Å². The van der Waals surface area contributed by atoms with Gasteiger partial charge in [0.2, 0.25) is 5.82 Å². The predicted octanol–water partition coefficient (Wildman–Crippen LogP) is 4.82. The van der Waals surface area contributed by atoms with Gasteiger partial charge >= 0.3 is 6.18 Å². The van der Waals surface area contributed by atoms with Crippen LogP contribution in [0.25, 0.3) is 0 Å². The van der Waals surface area contributed by atoms with E-state index in [1.807, 2.05) is 0 Å². The van der Waals surface area contributed by atoms with Crippen LogP contribution in [0.3, 0.4) is 0 Å². The third-order valence-electron chi connectivity index (χ3n) is 2.21. The fraction of sp³-hybridized carbons (Fsp3) is 0.0909. The third-order valence-corrected chi connectivity index (χ3v) is 2.70. The van der Waals surface area contributed by atoms with Crippen LogP contribution < -0.4 is 5.32 Å². The van der Waals surface area contributed by atoms with E-state index in [-0.39, 0.29) is 5.02 Å². The van der Waals surface area contributed by atoms with Crippen molar-refractivity contribution in [3.05, 3.63) is 45.8 Å². The van der Waals surface area contributed by atoms with Crippen molar-refractivity contribution in [1.82, 2.24) is 9.97 Å². The molecule has 112 valence electrons. The van der Waals surface area contributed by atoms with Crippen molar-refractivity contribution in [3.8, 4) is 0 Å². The van der Waals surface area contributed by atoms with Crippen LogP contribution in [-0.4, -0.2) is 9.97 Å². The zero-order valence-corrected chi connectivity index (χ0v) is 11.3. The molecule has 3 nitrogen and oxygen atoms in total. The van der Waals surface area contributed by atoms with Gasteiger partial charge in [-0.3, -0.25) is 0 Å². The van der Waals surface area contributed by atoms with Crippen LogP contribution in [0.1, 0.15) is 5.82 Å². The average molecular weight is 344 g/mol. The van der Waals surface area contributed by atoms with E-state index in [9.17, 15) is 22.0 Å². The second-order valence-corrected chi connectivity index (χ2v) is 4.56. The Labute approximate surface area is 124 Å². The van der Waals surface area contributed by atoms with Gasteiger partial charge in [-0.25, -0.2) is 18.7 Å². The number of alkyl halides is 3. The molecule has 0 unspecified atom stereocenters. The van der Waals surface area contributed by atoms with E-state index in [1.165, 1.54) is 0 Å². The first kappa shape index (κ1) is 15.7. The fourth-order valence-corrected chi connectivity index (χ4v) is 1.82. The van der Waals surface area contributed by atoms with Gasteiger partial charge in [-0.2, -0.15) is 13.2 Å². The largest absolute Gasteiger partial charge is 0.451 e. The van der Waals surface area contributed by atoms with E-state index in [0.29, 0.717) is 6.07 Å². The van der Waals surface area contributed by atoms with Gasteiger partial charge in [0.25, 0.3) is 0 Å². The number of benzene rings is 1. The van der Waals surface area contributed by atoms with E-state index in [4.69, 9.17) is 23.2 Å². The number of anilines is 2. The van der Waals surface area contributed by atoms with E-state index < -0.39 is 40.3 Å². The molecule has 2 rings (SSSR count). The molecule has 2 aromatic rings. The van der Waals surface area contributed by atoms with Gasteiger partial charge in [0.1, 0.15) is 16.8 Å². The summed E-state index contributed by atoms with van der Waals surface area (Å²) in [4.78, 5) is 6.16. The first-order valence-electron chi connectivity index (χ1n) is 5.20. The molecule has 10 heteroatoms. The van der Waals surface area contributed by atoms with Crippen LogP contribution in [0.5, 0.6) is 0 Å². The summed E-state index contributed by atoms with van der Waals surface area (Å²) in [6, 6.07) is 2.25. The molecule has 0 fully saturated rings. The average Bonchev–Trinajstić information content (AvgIpc) is 2.32. The summed E-state index contributed by atoms with van der Waals surface area (Å²) in [5, 5.41) is 1.35. The number of hydrogen-bond donors (Lipinski definition) is 1. The van der Waals surface area contributed by atoms with Gasteiger partial charge < -0.3 is 5.32 Å². The Kier molecular flexibility index (Phi) is 4.20. The molecule has 1 N–H and O–H groups in total. The second kappa shape index (κ2) is 5.61. The second-order valence-electron chi connectivity index (χ2n) is 3.77. The molecule has 0 spiro atoms. The maximum absolute atomic E-state index is 13.5. The van der Waals surface area contributed by atoms with Crippen LogP contribution in [-0.2, 0) is 6.18 Å². The van der Waals surface area contributed by atoms with Crippen molar-refractivity contribution in [2.75, 3.05) is 5.32 Å². The summed E-state index contributed by atoms with van der Waals surface area (Å²) in [6.07, 6.45) is -4.83. The predicted molar refractivity (Wildman–Crippen MR) is 66.7 cm³/mol. The Morgan fingerprint density at radius 2 is 1.67 bits per heavy atom. The fourth-order valence-electron chi connectivity index (χ4n) is 1.40. The molecule has 0 aliphatic heterocycles.